The summed E-state index contributed by atoms with van der Waals surface area (Å²) in [4.78, 5) is 0. The fourth-order valence-corrected chi connectivity index (χ4v) is 2.46. The Morgan fingerprint density at radius 2 is 2.17 bits per heavy atom. The molecular weight excluding hydrogens is 228 g/mol. The number of ether oxygens (including phenoxy) is 2. The van der Waals surface area contributed by atoms with Crippen LogP contribution in [0, 0.1) is 6.92 Å². The van der Waals surface area contributed by atoms with Crippen LogP contribution in [0.3, 0.4) is 0 Å². The number of nitrogens with one attached hydrogen (secondary N) is 2. The van der Waals surface area contributed by atoms with Gasteiger partial charge < -0.3 is 20.1 Å². The lowest BCUT2D eigenvalue weighted by Crippen LogP contribution is -2.29. The third-order valence-electron chi connectivity index (χ3n) is 3.48. The lowest BCUT2D eigenvalue weighted by atomic mass is 10.1. The van der Waals surface area contributed by atoms with Gasteiger partial charge in [0, 0.05) is 18.2 Å². The minimum Gasteiger partial charge on any atom is -0.496 e. The van der Waals surface area contributed by atoms with E-state index in [0.29, 0.717) is 6.04 Å². The number of methoxy groups -OCH3 is 2. The molecule has 4 heteroatoms. The van der Waals surface area contributed by atoms with Gasteiger partial charge in [-0.1, -0.05) is 0 Å². The Morgan fingerprint density at radius 3 is 2.78 bits per heavy atom. The quantitative estimate of drug-likeness (QED) is 0.840. The monoisotopic (exact) mass is 250 g/mol. The summed E-state index contributed by atoms with van der Waals surface area (Å²) in [5.74, 6) is 1.73. The highest BCUT2D eigenvalue weighted by Gasteiger charge is 2.15. The SMILES string of the molecule is COc1ccc(NCC2CCCN2)c(OC)c1C. The van der Waals surface area contributed by atoms with Crippen molar-refractivity contribution >= 4 is 5.69 Å². The van der Waals surface area contributed by atoms with Gasteiger partial charge in [0.05, 0.1) is 19.9 Å². The van der Waals surface area contributed by atoms with Crippen LogP contribution < -0.4 is 20.1 Å². The highest BCUT2D eigenvalue weighted by Crippen LogP contribution is 2.34. The minimum atomic E-state index is 0.567. The van der Waals surface area contributed by atoms with Crippen LogP contribution >= 0.6 is 0 Å². The predicted molar refractivity (Wildman–Crippen MR) is 73.8 cm³/mol. The lowest BCUT2D eigenvalue weighted by Gasteiger charge is -2.18. The molecule has 1 aromatic rings. The second kappa shape index (κ2) is 5.96. The largest absolute Gasteiger partial charge is 0.496 e. The van der Waals surface area contributed by atoms with Crippen molar-refractivity contribution in [3.63, 3.8) is 0 Å². The number of rotatable bonds is 5. The molecule has 1 saturated heterocycles. The molecule has 1 aliphatic heterocycles. The highest BCUT2D eigenvalue weighted by atomic mass is 16.5. The molecule has 1 unspecified atom stereocenters. The first-order valence-electron chi connectivity index (χ1n) is 6.45. The van der Waals surface area contributed by atoms with Crippen LogP contribution in [-0.4, -0.2) is 33.4 Å². The Labute approximate surface area is 109 Å². The molecule has 0 bridgehead atoms. The van der Waals surface area contributed by atoms with E-state index < -0.39 is 0 Å². The molecule has 0 saturated carbocycles. The van der Waals surface area contributed by atoms with Gasteiger partial charge in [-0.2, -0.15) is 0 Å². The molecule has 0 amide bonds. The van der Waals surface area contributed by atoms with Crippen molar-refractivity contribution in [3.8, 4) is 11.5 Å². The summed E-state index contributed by atoms with van der Waals surface area (Å²) in [6, 6.07) is 4.55. The Morgan fingerprint density at radius 1 is 1.33 bits per heavy atom. The topological polar surface area (TPSA) is 42.5 Å². The zero-order valence-electron chi connectivity index (χ0n) is 11.4. The fraction of sp³-hybridized carbons (Fsp3) is 0.571. The maximum atomic E-state index is 5.47. The van der Waals surface area contributed by atoms with Gasteiger partial charge in [0.25, 0.3) is 0 Å². The summed E-state index contributed by atoms with van der Waals surface area (Å²) in [6.07, 6.45) is 2.51. The molecule has 0 aromatic heterocycles. The van der Waals surface area contributed by atoms with Crippen molar-refractivity contribution in [2.75, 3.05) is 32.6 Å². The Kier molecular flexibility index (Phi) is 4.31. The third-order valence-corrected chi connectivity index (χ3v) is 3.48. The van der Waals surface area contributed by atoms with Gasteiger partial charge in [-0.3, -0.25) is 0 Å². The summed E-state index contributed by atoms with van der Waals surface area (Å²) in [5.41, 5.74) is 2.06. The van der Waals surface area contributed by atoms with E-state index in [1.807, 2.05) is 19.1 Å². The summed E-state index contributed by atoms with van der Waals surface area (Å²) >= 11 is 0. The van der Waals surface area contributed by atoms with Gasteiger partial charge in [0.2, 0.25) is 0 Å². The van der Waals surface area contributed by atoms with Gasteiger partial charge in [-0.25, -0.2) is 0 Å². The molecule has 1 aromatic carbocycles. The maximum absolute atomic E-state index is 5.47. The number of hydrogen-bond donors (Lipinski definition) is 2. The fourth-order valence-electron chi connectivity index (χ4n) is 2.46. The highest BCUT2D eigenvalue weighted by molar-refractivity contribution is 5.64. The van der Waals surface area contributed by atoms with Crippen LogP contribution in [-0.2, 0) is 0 Å². The van der Waals surface area contributed by atoms with Crippen LogP contribution in [0.4, 0.5) is 5.69 Å². The van der Waals surface area contributed by atoms with Crippen LogP contribution in [0.15, 0.2) is 12.1 Å². The first-order valence-corrected chi connectivity index (χ1v) is 6.45. The number of hydrogen-bond acceptors (Lipinski definition) is 4. The molecular formula is C14H22N2O2. The van der Waals surface area contributed by atoms with Crippen molar-refractivity contribution in [1.29, 1.82) is 0 Å². The zero-order valence-corrected chi connectivity index (χ0v) is 11.4. The van der Waals surface area contributed by atoms with Crippen LogP contribution in [0.25, 0.3) is 0 Å². The summed E-state index contributed by atoms with van der Waals surface area (Å²) in [6.45, 7) is 4.07. The van der Waals surface area contributed by atoms with E-state index in [0.717, 1.165) is 35.8 Å². The molecule has 100 valence electrons. The van der Waals surface area contributed by atoms with Crippen molar-refractivity contribution in [2.24, 2.45) is 0 Å². The first kappa shape index (κ1) is 13.0. The van der Waals surface area contributed by atoms with E-state index in [2.05, 4.69) is 10.6 Å². The second-order valence-corrected chi connectivity index (χ2v) is 4.65. The van der Waals surface area contributed by atoms with Gasteiger partial charge in [0.15, 0.2) is 0 Å². The molecule has 0 radical (unpaired) electrons. The minimum absolute atomic E-state index is 0.567. The molecule has 1 heterocycles. The summed E-state index contributed by atoms with van der Waals surface area (Å²) in [5, 5.41) is 6.93. The predicted octanol–water partition coefficient (Wildman–Crippen LogP) is 2.18. The maximum Gasteiger partial charge on any atom is 0.148 e. The third kappa shape index (κ3) is 2.70. The van der Waals surface area contributed by atoms with E-state index in [4.69, 9.17) is 9.47 Å². The molecule has 2 rings (SSSR count). The molecule has 1 fully saturated rings. The Bertz CT molecular complexity index is 401. The molecule has 4 nitrogen and oxygen atoms in total. The van der Waals surface area contributed by atoms with E-state index in [9.17, 15) is 0 Å². The molecule has 1 aliphatic rings. The number of benzene rings is 1. The van der Waals surface area contributed by atoms with Crippen molar-refractivity contribution in [2.45, 2.75) is 25.8 Å². The van der Waals surface area contributed by atoms with Gasteiger partial charge >= 0.3 is 0 Å². The number of anilines is 1. The molecule has 2 N–H and O–H groups in total. The smallest absolute Gasteiger partial charge is 0.148 e. The van der Waals surface area contributed by atoms with Gasteiger partial charge in [-0.05, 0) is 38.4 Å². The molecule has 18 heavy (non-hydrogen) atoms. The van der Waals surface area contributed by atoms with E-state index in [1.54, 1.807) is 14.2 Å². The Hall–Kier alpha value is -1.42. The van der Waals surface area contributed by atoms with Crippen molar-refractivity contribution in [3.05, 3.63) is 17.7 Å². The van der Waals surface area contributed by atoms with Crippen LogP contribution in [0.2, 0.25) is 0 Å². The lowest BCUT2D eigenvalue weighted by molar-refractivity contribution is 0.390. The van der Waals surface area contributed by atoms with E-state index >= 15 is 0 Å². The molecule has 1 atom stereocenters. The average Bonchev–Trinajstić information content (AvgIpc) is 2.89. The average molecular weight is 250 g/mol. The van der Waals surface area contributed by atoms with E-state index in [1.165, 1.54) is 12.8 Å². The first-order chi connectivity index (χ1) is 8.76. The van der Waals surface area contributed by atoms with Crippen molar-refractivity contribution < 1.29 is 9.47 Å². The van der Waals surface area contributed by atoms with Crippen LogP contribution in [0.5, 0.6) is 11.5 Å². The summed E-state index contributed by atoms with van der Waals surface area (Å²) in [7, 11) is 3.37. The second-order valence-electron chi connectivity index (χ2n) is 4.65. The standard InChI is InChI=1S/C14H22N2O2/c1-10-13(17-2)7-6-12(14(10)18-3)16-9-11-5-4-8-15-11/h6-7,11,15-16H,4-5,8-9H2,1-3H3. The Balaban J connectivity index is 2.09. The summed E-state index contributed by atoms with van der Waals surface area (Å²) < 4.78 is 10.8. The van der Waals surface area contributed by atoms with E-state index in [-0.39, 0.29) is 0 Å². The zero-order chi connectivity index (χ0) is 13.0. The van der Waals surface area contributed by atoms with Gasteiger partial charge in [0.1, 0.15) is 11.5 Å². The molecule has 0 aliphatic carbocycles. The van der Waals surface area contributed by atoms with Crippen molar-refractivity contribution in [1.82, 2.24) is 5.32 Å². The van der Waals surface area contributed by atoms with Gasteiger partial charge in [-0.15, -0.1) is 0 Å². The molecule has 0 spiro atoms. The van der Waals surface area contributed by atoms with Crippen LogP contribution in [0.1, 0.15) is 18.4 Å². The normalized spacial score (nSPS) is 18.7.